The van der Waals surface area contributed by atoms with Crippen molar-refractivity contribution in [2.45, 2.75) is 11.0 Å². The molecule has 3 nitrogen and oxygen atoms in total. The minimum Gasteiger partial charge on any atom is -0.497 e. The van der Waals surface area contributed by atoms with E-state index in [1.54, 1.807) is 19.2 Å². The molecule has 0 aromatic heterocycles. The van der Waals surface area contributed by atoms with Crippen molar-refractivity contribution in [2.24, 2.45) is 0 Å². The van der Waals surface area contributed by atoms with E-state index in [-0.39, 0.29) is 5.97 Å². The maximum atomic E-state index is 11.8. The van der Waals surface area contributed by atoms with Crippen LogP contribution in [0.4, 0.5) is 0 Å². The van der Waals surface area contributed by atoms with Crippen LogP contribution in [0.3, 0.4) is 0 Å². The first kappa shape index (κ1) is 13.6. The normalized spacial score (nSPS) is 16.3. The molecule has 1 aromatic carbocycles. The molecule has 0 N–H and O–H groups in total. The Kier molecular flexibility index (Phi) is 4.83. The molecule has 0 spiro atoms. The molecule has 1 aliphatic rings. The van der Waals surface area contributed by atoms with E-state index < -0.39 is 0 Å². The molecule has 1 heterocycles. The standard InChI is InChI=1S/C13H16O3S2/c1-15-9-4-5-10(12(14)16-2)11(8-9)13-17-6-3-7-18-13/h4-5,8,13H,3,6-7H2,1-2H3. The highest BCUT2D eigenvalue weighted by Crippen LogP contribution is 2.45. The molecule has 1 fully saturated rings. The molecule has 2 rings (SSSR count). The first-order valence-electron chi connectivity index (χ1n) is 5.75. The highest BCUT2D eigenvalue weighted by molar-refractivity contribution is 8.16. The molecular formula is C13H16O3S2. The van der Waals surface area contributed by atoms with Crippen LogP contribution in [0.25, 0.3) is 0 Å². The van der Waals surface area contributed by atoms with Crippen LogP contribution in [0.1, 0.15) is 26.9 Å². The fourth-order valence-electron chi connectivity index (χ4n) is 1.83. The van der Waals surface area contributed by atoms with Gasteiger partial charge < -0.3 is 9.47 Å². The Morgan fingerprint density at radius 1 is 1.28 bits per heavy atom. The molecule has 5 heteroatoms. The summed E-state index contributed by atoms with van der Waals surface area (Å²) < 4.78 is 10.4. The summed E-state index contributed by atoms with van der Waals surface area (Å²) in [4.78, 5) is 11.8. The second-order valence-electron chi connectivity index (χ2n) is 3.87. The lowest BCUT2D eigenvalue weighted by Gasteiger charge is -2.23. The van der Waals surface area contributed by atoms with Crippen LogP contribution < -0.4 is 4.74 Å². The Morgan fingerprint density at radius 2 is 2.00 bits per heavy atom. The highest BCUT2D eigenvalue weighted by Gasteiger charge is 2.23. The summed E-state index contributed by atoms with van der Waals surface area (Å²) in [5.74, 6) is 2.77. The maximum Gasteiger partial charge on any atom is 0.338 e. The minimum absolute atomic E-state index is 0.278. The van der Waals surface area contributed by atoms with Crippen molar-refractivity contribution in [1.82, 2.24) is 0 Å². The van der Waals surface area contributed by atoms with Crippen LogP contribution in [0.2, 0.25) is 0 Å². The van der Waals surface area contributed by atoms with Crippen molar-refractivity contribution in [3.63, 3.8) is 0 Å². The predicted octanol–water partition coefficient (Wildman–Crippen LogP) is 3.35. The molecule has 1 aromatic rings. The van der Waals surface area contributed by atoms with Crippen LogP contribution in [0.5, 0.6) is 5.75 Å². The van der Waals surface area contributed by atoms with Gasteiger partial charge in [0, 0.05) is 0 Å². The van der Waals surface area contributed by atoms with Crippen LogP contribution in [0, 0.1) is 0 Å². The lowest BCUT2D eigenvalue weighted by atomic mass is 10.1. The van der Waals surface area contributed by atoms with Gasteiger partial charge in [0.25, 0.3) is 0 Å². The van der Waals surface area contributed by atoms with Gasteiger partial charge in [0.05, 0.1) is 24.4 Å². The van der Waals surface area contributed by atoms with Gasteiger partial charge >= 0.3 is 5.97 Å². The maximum absolute atomic E-state index is 11.8. The number of hydrogen-bond acceptors (Lipinski definition) is 5. The van der Waals surface area contributed by atoms with Gasteiger partial charge in [-0.05, 0) is 41.7 Å². The lowest BCUT2D eigenvalue weighted by molar-refractivity contribution is 0.0599. The third kappa shape index (κ3) is 2.95. The summed E-state index contributed by atoms with van der Waals surface area (Å²) in [5.41, 5.74) is 1.65. The summed E-state index contributed by atoms with van der Waals surface area (Å²) in [5, 5.41) is 0. The largest absolute Gasteiger partial charge is 0.497 e. The van der Waals surface area contributed by atoms with Crippen molar-refractivity contribution in [1.29, 1.82) is 0 Å². The van der Waals surface area contributed by atoms with Gasteiger partial charge in [-0.3, -0.25) is 0 Å². The van der Waals surface area contributed by atoms with E-state index in [0.29, 0.717) is 10.1 Å². The number of ether oxygens (including phenoxy) is 2. The summed E-state index contributed by atoms with van der Waals surface area (Å²) in [6.45, 7) is 0. The third-order valence-corrected chi connectivity index (χ3v) is 5.72. The van der Waals surface area contributed by atoms with E-state index >= 15 is 0 Å². The van der Waals surface area contributed by atoms with E-state index in [4.69, 9.17) is 9.47 Å². The molecule has 0 saturated carbocycles. The van der Waals surface area contributed by atoms with Crippen molar-refractivity contribution < 1.29 is 14.3 Å². The molecule has 0 amide bonds. The molecule has 0 radical (unpaired) electrons. The van der Waals surface area contributed by atoms with E-state index in [1.807, 2.05) is 29.6 Å². The summed E-state index contributed by atoms with van der Waals surface area (Å²) in [6.07, 6.45) is 1.23. The van der Waals surface area contributed by atoms with Crippen molar-refractivity contribution in [2.75, 3.05) is 25.7 Å². The number of hydrogen-bond donors (Lipinski definition) is 0. The van der Waals surface area contributed by atoms with Gasteiger partial charge in [0.1, 0.15) is 5.75 Å². The van der Waals surface area contributed by atoms with Crippen molar-refractivity contribution in [3.8, 4) is 5.75 Å². The number of thioether (sulfide) groups is 2. The Labute approximate surface area is 116 Å². The zero-order chi connectivity index (χ0) is 13.0. The monoisotopic (exact) mass is 284 g/mol. The number of carbonyl (C=O) groups is 1. The lowest BCUT2D eigenvalue weighted by Crippen LogP contribution is -2.09. The summed E-state index contributed by atoms with van der Waals surface area (Å²) >= 11 is 3.75. The van der Waals surface area contributed by atoms with Gasteiger partial charge in [0.2, 0.25) is 0 Å². The third-order valence-electron chi connectivity index (χ3n) is 2.75. The van der Waals surface area contributed by atoms with Crippen LogP contribution in [-0.2, 0) is 4.74 Å². The summed E-state index contributed by atoms with van der Waals surface area (Å²) in [7, 11) is 3.05. The fourth-order valence-corrected chi connectivity index (χ4v) is 4.77. The molecule has 0 unspecified atom stereocenters. The fraction of sp³-hybridized carbons (Fsp3) is 0.462. The second kappa shape index (κ2) is 6.38. The average Bonchev–Trinajstić information content (AvgIpc) is 2.46. The van der Waals surface area contributed by atoms with Gasteiger partial charge in [-0.15, -0.1) is 23.5 Å². The van der Waals surface area contributed by atoms with Crippen molar-refractivity contribution >= 4 is 29.5 Å². The number of esters is 1. The van der Waals surface area contributed by atoms with Gasteiger partial charge in [-0.25, -0.2) is 4.79 Å². The zero-order valence-corrected chi connectivity index (χ0v) is 12.1. The molecule has 0 aliphatic carbocycles. The molecular weight excluding hydrogens is 268 g/mol. The van der Waals surface area contributed by atoms with E-state index in [2.05, 4.69) is 0 Å². The number of rotatable bonds is 3. The first-order chi connectivity index (χ1) is 8.76. The van der Waals surface area contributed by atoms with Gasteiger partial charge in [-0.2, -0.15) is 0 Å². The molecule has 0 atom stereocenters. The molecule has 0 bridgehead atoms. The van der Waals surface area contributed by atoms with E-state index in [9.17, 15) is 4.79 Å². The molecule has 18 heavy (non-hydrogen) atoms. The zero-order valence-electron chi connectivity index (χ0n) is 10.5. The number of methoxy groups -OCH3 is 2. The van der Waals surface area contributed by atoms with Crippen LogP contribution >= 0.6 is 23.5 Å². The number of benzene rings is 1. The summed E-state index contributed by atoms with van der Waals surface area (Å²) in [6, 6.07) is 5.53. The Morgan fingerprint density at radius 3 is 2.61 bits per heavy atom. The Balaban J connectivity index is 2.36. The highest BCUT2D eigenvalue weighted by atomic mass is 32.2. The molecule has 98 valence electrons. The molecule has 1 saturated heterocycles. The van der Waals surface area contributed by atoms with Crippen molar-refractivity contribution in [3.05, 3.63) is 29.3 Å². The minimum atomic E-state index is -0.278. The topological polar surface area (TPSA) is 35.5 Å². The van der Waals surface area contributed by atoms with E-state index in [0.717, 1.165) is 22.8 Å². The predicted molar refractivity (Wildman–Crippen MR) is 76.6 cm³/mol. The van der Waals surface area contributed by atoms with Crippen LogP contribution in [-0.4, -0.2) is 31.7 Å². The van der Waals surface area contributed by atoms with Gasteiger partial charge in [-0.1, -0.05) is 0 Å². The second-order valence-corrected chi connectivity index (χ2v) is 6.60. The average molecular weight is 284 g/mol. The Hall–Kier alpha value is -0.810. The molecule has 1 aliphatic heterocycles. The quantitative estimate of drug-likeness (QED) is 0.795. The smallest absolute Gasteiger partial charge is 0.338 e. The van der Waals surface area contributed by atoms with E-state index in [1.165, 1.54) is 13.5 Å². The first-order valence-corrected chi connectivity index (χ1v) is 7.85. The number of carbonyl (C=O) groups excluding carboxylic acids is 1. The Bertz CT molecular complexity index is 428. The van der Waals surface area contributed by atoms with Gasteiger partial charge in [0.15, 0.2) is 0 Å². The van der Waals surface area contributed by atoms with Crippen LogP contribution in [0.15, 0.2) is 18.2 Å². The SMILES string of the molecule is COC(=O)c1ccc(OC)cc1C1SCCCS1.